The number of anilines is 1. The van der Waals surface area contributed by atoms with Gasteiger partial charge >= 0.3 is 0 Å². The van der Waals surface area contributed by atoms with Gasteiger partial charge in [-0.05, 0) is 38.0 Å². The van der Waals surface area contributed by atoms with Crippen LogP contribution in [0.5, 0.6) is 5.75 Å². The topological polar surface area (TPSA) is 81.9 Å². The van der Waals surface area contributed by atoms with Crippen LogP contribution in [0, 0.1) is 24.4 Å². The van der Waals surface area contributed by atoms with E-state index in [-0.39, 0.29) is 12.3 Å². The van der Waals surface area contributed by atoms with Crippen LogP contribution in [0.15, 0.2) is 41.4 Å². The number of aromatic hydroxyl groups is 1. The van der Waals surface area contributed by atoms with Crippen molar-refractivity contribution in [3.8, 4) is 5.75 Å². The van der Waals surface area contributed by atoms with Gasteiger partial charge in [0.25, 0.3) is 6.47 Å². The van der Waals surface area contributed by atoms with Gasteiger partial charge in [0.1, 0.15) is 23.2 Å². The second-order valence-corrected chi connectivity index (χ2v) is 7.23. The molecule has 0 saturated carbocycles. The zero-order valence-corrected chi connectivity index (χ0v) is 16.8. The van der Waals surface area contributed by atoms with Crippen LogP contribution >= 0.6 is 11.8 Å². The molecule has 2 aromatic rings. The standard InChI is InChI=1S/C13H17FN2S.C6H4F2O.CH2O2/c1-9-3-4-11(14)7-13(9)15-6-5-12-8-17-10(2)16-12;7-4-1-5(8)3-6(9)2-4;2-1-3/h3-4,7,12,15H,5-6,8H2,1-2H3;1-3,9H;1H,(H,2,3). The molecule has 0 saturated heterocycles. The molecule has 0 fully saturated rings. The fourth-order valence-electron chi connectivity index (χ4n) is 2.39. The molecular weight excluding hydrogens is 405 g/mol. The largest absolute Gasteiger partial charge is 0.508 e. The van der Waals surface area contributed by atoms with Gasteiger partial charge in [-0.1, -0.05) is 6.07 Å². The summed E-state index contributed by atoms with van der Waals surface area (Å²) in [6.45, 7) is 4.62. The number of nitrogens with one attached hydrogen (secondary N) is 1. The molecule has 3 N–H and O–H groups in total. The molecule has 0 spiro atoms. The van der Waals surface area contributed by atoms with Crippen molar-refractivity contribution in [2.75, 3.05) is 17.6 Å². The van der Waals surface area contributed by atoms with Gasteiger partial charge in [-0.25, -0.2) is 13.2 Å². The molecule has 29 heavy (non-hydrogen) atoms. The molecule has 1 aliphatic heterocycles. The monoisotopic (exact) mass is 428 g/mol. The minimum Gasteiger partial charge on any atom is -0.508 e. The van der Waals surface area contributed by atoms with Crippen LogP contribution in [0.3, 0.4) is 0 Å². The van der Waals surface area contributed by atoms with Crippen molar-refractivity contribution < 1.29 is 28.2 Å². The van der Waals surface area contributed by atoms with Crippen molar-refractivity contribution in [2.24, 2.45) is 4.99 Å². The zero-order valence-electron chi connectivity index (χ0n) is 16.0. The Morgan fingerprint density at radius 1 is 1.14 bits per heavy atom. The summed E-state index contributed by atoms with van der Waals surface area (Å²) in [5.74, 6) is -1.05. The summed E-state index contributed by atoms with van der Waals surface area (Å²) < 4.78 is 37.1. The predicted molar refractivity (Wildman–Crippen MR) is 110 cm³/mol. The van der Waals surface area contributed by atoms with Gasteiger partial charge in [-0.3, -0.25) is 9.79 Å². The summed E-state index contributed by atoms with van der Waals surface area (Å²) in [6.07, 6.45) is 1.00. The Bertz CT molecular complexity index is 784. The van der Waals surface area contributed by atoms with Gasteiger partial charge in [0.15, 0.2) is 0 Å². The number of aliphatic imine (C=N–C) groups is 1. The lowest BCUT2D eigenvalue weighted by Gasteiger charge is -2.11. The van der Waals surface area contributed by atoms with Crippen LogP contribution in [0.4, 0.5) is 18.9 Å². The third-order valence-electron chi connectivity index (χ3n) is 3.69. The van der Waals surface area contributed by atoms with Crippen molar-refractivity contribution in [1.82, 2.24) is 0 Å². The first kappa shape index (κ1) is 24.4. The lowest BCUT2D eigenvalue weighted by molar-refractivity contribution is -0.122. The van der Waals surface area contributed by atoms with Crippen molar-refractivity contribution >= 4 is 29.0 Å². The number of aryl methyl sites for hydroxylation is 1. The summed E-state index contributed by atoms with van der Waals surface area (Å²) in [4.78, 5) is 12.9. The van der Waals surface area contributed by atoms with Crippen molar-refractivity contribution in [1.29, 1.82) is 0 Å². The molecule has 1 heterocycles. The first-order valence-corrected chi connectivity index (χ1v) is 9.63. The molecule has 0 aliphatic carbocycles. The first-order valence-electron chi connectivity index (χ1n) is 8.65. The van der Waals surface area contributed by atoms with E-state index in [4.69, 9.17) is 15.0 Å². The maximum atomic E-state index is 13.1. The number of thioether (sulfide) groups is 1. The smallest absolute Gasteiger partial charge is 0.290 e. The SMILES string of the molecule is CC1=NC(CCNc2cc(F)ccc2C)CS1.O=CO.Oc1cc(F)cc(F)c1. The molecule has 0 amide bonds. The molecule has 5 nitrogen and oxygen atoms in total. The first-order chi connectivity index (χ1) is 13.7. The molecule has 0 radical (unpaired) electrons. The highest BCUT2D eigenvalue weighted by Crippen LogP contribution is 2.21. The number of carboxylic acid groups (broad SMARTS) is 1. The molecule has 0 bridgehead atoms. The van der Waals surface area contributed by atoms with Crippen molar-refractivity contribution in [3.05, 3.63) is 59.4 Å². The molecule has 2 aromatic carbocycles. The highest BCUT2D eigenvalue weighted by atomic mass is 32.2. The van der Waals surface area contributed by atoms with Gasteiger partial charge in [0.05, 0.1) is 11.1 Å². The summed E-state index contributed by atoms with van der Waals surface area (Å²) in [7, 11) is 0. The minimum atomic E-state index is -0.771. The molecular formula is C20H23F3N2O3S. The lowest BCUT2D eigenvalue weighted by atomic mass is 10.2. The van der Waals surface area contributed by atoms with Gasteiger partial charge in [0, 0.05) is 36.2 Å². The van der Waals surface area contributed by atoms with E-state index in [1.165, 1.54) is 11.1 Å². The Morgan fingerprint density at radius 3 is 2.28 bits per heavy atom. The fraction of sp³-hybridized carbons (Fsp3) is 0.300. The van der Waals surface area contributed by atoms with Crippen molar-refractivity contribution in [3.63, 3.8) is 0 Å². The Hall–Kier alpha value is -2.68. The van der Waals surface area contributed by atoms with E-state index in [1.807, 2.05) is 18.7 Å². The van der Waals surface area contributed by atoms with Crippen molar-refractivity contribution in [2.45, 2.75) is 26.3 Å². The summed E-state index contributed by atoms with van der Waals surface area (Å²) in [5.41, 5.74) is 1.96. The average molecular weight is 428 g/mol. The van der Waals surface area contributed by atoms with Crippen LogP contribution in [-0.2, 0) is 4.79 Å². The lowest BCUT2D eigenvalue weighted by Crippen LogP contribution is -2.12. The van der Waals surface area contributed by atoms with E-state index in [0.29, 0.717) is 12.1 Å². The van der Waals surface area contributed by atoms with Crippen LogP contribution in [-0.4, -0.2) is 40.1 Å². The number of phenolic OH excluding ortho intramolecular Hbond substituents is 1. The Balaban J connectivity index is 0.000000294. The highest BCUT2D eigenvalue weighted by molar-refractivity contribution is 8.14. The van der Waals surface area contributed by atoms with Crippen LogP contribution < -0.4 is 5.32 Å². The number of hydrogen-bond donors (Lipinski definition) is 3. The number of benzene rings is 2. The van der Waals surface area contributed by atoms with Gasteiger partial charge in [-0.2, -0.15) is 0 Å². The predicted octanol–water partition coefficient (Wildman–Crippen LogP) is 4.84. The average Bonchev–Trinajstić information content (AvgIpc) is 3.03. The van der Waals surface area contributed by atoms with Crippen LogP contribution in [0.25, 0.3) is 0 Å². The van der Waals surface area contributed by atoms with E-state index in [2.05, 4.69) is 17.2 Å². The van der Waals surface area contributed by atoms with E-state index in [1.54, 1.807) is 12.1 Å². The van der Waals surface area contributed by atoms with Gasteiger partial charge in [0.2, 0.25) is 0 Å². The number of nitrogens with zero attached hydrogens (tertiary/aromatic N) is 1. The molecule has 1 aliphatic rings. The van der Waals surface area contributed by atoms with Gasteiger partial charge in [-0.15, -0.1) is 11.8 Å². The third-order valence-corrected chi connectivity index (χ3v) is 4.76. The van der Waals surface area contributed by atoms with E-state index in [9.17, 15) is 13.2 Å². The zero-order chi connectivity index (χ0) is 21.8. The molecule has 9 heteroatoms. The van der Waals surface area contributed by atoms with Crippen LogP contribution in [0.2, 0.25) is 0 Å². The summed E-state index contributed by atoms with van der Waals surface area (Å²) in [5, 5.41) is 19.9. The quantitative estimate of drug-likeness (QED) is 0.607. The van der Waals surface area contributed by atoms with Gasteiger partial charge < -0.3 is 15.5 Å². The molecule has 1 unspecified atom stereocenters. The van der Waals surface area contributed by atoms with Crippen LogP contribution in [0.1, 0.15) is 18.9 Å². The minimum absolute atomic E-state index is 0.191. The van der Waals surface area contributed by atoms with E-state index < -0.39 is 17.4 Å². The maximum Gasteiger partial charge on any atom is 0.290 e. The Labute approximate surface area is 171 Å². The van der Waals surface area contributed by atoms with E-state index >= 15 is 0 Å². The fourth-order valence-corrected chi connectivity index (χ4v) is 3.29. The summed E-state index contributed by atoms with van der Waals surface area (Å²) >= 11 is 1.82. The maximum absolute atomic E-state index is 13.1. The number of hydrogen-bond acceptors (Lipinski definition) is 5. The molecule has 0 aromatic heterocycles. The highest BCUT2D eigenvalue weighted by Gasteiger charge is 2.14. The number of halogens is 3. The Kier molecular flexibility index (Phi) is 10.7. The second-order valence-electron chi connectivity index (χ2n) is 6.02. The Morgan fingerprint density at radius 2 is 1.76 bits per heavy atom. The molecule has 1 atom stereocenters. The summed E-state index contributed by atoms with van der Waals surface area (Å²) in [6, 6.07) is 7.62. The molecule has 158 valence electrons. The second kappa shape index (κ2) is 12.7. The normalized spacial score (nSPS) is 14.7. The third kappa shape index (κ3) is 9.89. The molecule has 3 rings (SSSR count). The number of phenols is 1. The number of rotatable bonds is 4. The van der Waals surface area contributed by atoms with E-state index in [0.717, 1.165) is 42.1 Å². The number of carbonyl (C=O) groups is 1.